The average Bonchev–Trinajstić information content (AvgIpc) is 2.95. The minimum Gasteiger partial charge on any atom is -0.492 e. The Morgan fingerprint density at radius 3 is 3.00 bits per heavy atom. The Kier molecular flexibility index (Phi) is 5.24. The van der Waals surface area contributed by atoms with Gasteiger partial charge in [0.25, 0.3) is 0 Å². The highest BCUT2D eigenvalue weighted by Crippen LogP contribution is 2.23. The third-order valence-electron chi connectivity index (χ3n) is 3.32. The minimum absolute atomic E-state index is 0.00300. The molecule has 0 aromatic heterocycles. The van der Waals surface area contributed by atoms with Gasteiger partial charge in [0.15, 0.2) is 0 Å². The second kappa shape index (κ2) is 7.14. The zero-order valence-corrected chi connectivity index (χ0v) is 12.0. The Morgan fingerprint density at radius 2 is 2.30 bits per heavy atom. The predicted molar refractivity (Wildman–Crippen MR) is 78.2 cm³/mol. The zero-order valence-electron chi connectivity index (χ0n) is 12.0. The molecule has 2 rings (SSSR count). The largest absolute Gasteiger partial charge is 0.492 e. The second-order valence-corrected chi connectivity index (χ2v) is 4.87. The maximum Gasteiger partial charge on any atom is 0.319 e. The van der Waals surface area contributed by atoms with E-state index in [1.165, 1.54) is 0 Å². The van der Waals surface area contributed by atoms with Crippen LogP contribution in [0.1, 0.15) is 26.7 Å². The number of hydrogen-bond acceptors (Lipinski definition) is 3. The Hall–Kier alpha value is -1.75. The lowest BCUT2D eigenvalue weighted by Gasteiger charge is -2.20. The molecule has 1 aromatic rings. The molecule has 0 aliphatic carbocycles. The third-order valence-corrected chi connectivity index (χ3v) is 3.32. The zero-order chi connectivity index (χ0) is 14.4. The van der Waals surface area contributed by atoms with Crippen molar-refractivity contribution in [3.8, 4) is 5.75 Å². The second-order valence-electron chi connectivity index (χ2n) is 4.87. The quantitative estimate of drug-likeness (QED) is 0.870. The number of para-hydroxylation sites is 2. The van der Waals surface area contributed by atoms with E-state index in [9.17, 15) is 4.79 Å². The van der Waals surface area contributed by atoms with Gasteiger partial charge in [-0.1, -0.05) is 12.1 Å². The van der Waals surface area contributed by atoms with Crippen molar-refractivity contribution >= 4 is 11.7 Å². The van der Waals surface area contributed by atoms with E-state index in [-0.39, 0.29) is 18.2 Å². The van der Waals surface area contributed by atoms with Gasteiger partial charge in [0.05, 0.1) is 24.4 Å². The topological polar surface area (TPSA) is 59.6 Å². The van der Waals surface area contributed by atoms with Crippen molar-refractivity contribution in [2.45, 2.75) is 38.8 Å². The highest BCUT2D eigenvalue weighted by Gasteiger charge is 2.23. The maximum absolute atomic E-state index is 12.0. The van der Waals surface area contributed by atoms with Crippen LogP contribution in [0.25, 0.3) is 0 Å². The fourth-order valence-corrected chi connectivity index (χ4v) is 2.31. The molecule has 1 fully saturated rings. The Bertz CT molecular complexity index is 444. The maximum atomic E-state index is 12.0. The van der Waals surface area contributed by atoms with Crippen molar-refractivity contribution in [2.24, 2.45) is 0 Å². The van der Waals surface area contributed by atoms with Crippen LogP contribution in [-0.4, -0.2) is 31.4 Å². The summed E-state index contributed by atoms with van der Waals surface area (Å²) in [5.74, 6) is 0.676. The van der Waals surface area contributed by atoms with E-state index in [2.05, 4.69) is 10.6 Å². The number of benzene rings is 1. The molecule has 0 spiro atoms. The molecule has 2 N–H and O–H groups in total. The fraction of sp³-hybridized carbons (Fsp3) is 0.533. The first-order valence-corrected chi connectivity index (χ1v) is 7.11. The van der Waals surface area contributed by atoms with Crippen LogP contribution in [0.5, 0.6) is 5.75 Å². The van der Waals surface area contributed by atoms with Crippen LogP contribution in [0.15, 0.2) is 24.3 Å². The molecular formula is C15H22N2O3. The first-order chi connectivity index (χ1) is 9.70. The summed E-state index contributed by atoms with van der Waals surface area (Å²) < 4.78 is 11.0. The van der Waals surface area contributed by atoms with Crippen molar-refractivity contribution < 1.29 is 14.3 Å². The SMILES string of the molecule is CCOc1ccccc1NC(=O)N[C@@H](C)[C@@H]1CCCO1. The van der Waals surface area contributed by atoms with E-state index >= 15 is 0 Å². The van der Waals surface area contributed by atoms with Gasteiger partial charge < -0.3 is 20.1 Å². The molecule has 2 amide bonds. The number of hydrogen-bond donors (Lipinski definition) is 2. The molecule has 20 heavy (non-hydrogen) atoms. The highest BCUT2D eigenvalue weighted by atomic mass is 16.5. The van der Waals surface area contributed by atoms with Crippen molar-refractivity contribution in [3.05, 3.63) is 24.3 Å². The van der Waals surface area contributed by atoms with Gasteiger partial charge in [-0.05, 0) is 38.8 Å². The molecule has 110 valence electrons. The standard InChI is InChI=1S/C15H22N2O3/c1-3-19-14-8-5-4-7-12(14)17-15(18)16-11(2)13-9-6-10-20-13/h4-5,7-8,11,13H,3,6,9-10H2,1-2H3,(H2,16,17,18)/t11-,13-/m0/s1. The van der Waals surface area contributed by atoms with E-state index < -0.39 is 0 Å². The molecule has 5 nitrogen and oxygen atoms in total. The number of nitrogens with one attached hydrogen (secondary N) is 2. The number of amides is 2. The number of carbonyl (C=O) groups is 1. The monoisotopic (exact) mass is 278 g/mol. The van der Waals surface area contributed by atoms with Crippen molar-refractivity contribution in [3.63, 3.8) is 0 Å². The van der Waals surface area contributed by atoms with Gasteiger partial charge >= 0.3 is 6.03 Å². The Labute approximate surface area is 119 Å². The van der Waals surface area contributed by atoms with Gasteiger partial charge in [-0.2, -0.15) is 0 Å². The first kappa shape index (κ1) is 14.7. The van der Waals surface area contributed by atoms with Crippen LogP contribution in [0.4, 0.5) is 10.5 Å². The molecule has 0 radical (unpaired) electrons. The molecule has 1 aliphatic heterocycles. The van der Waals surface area contributed by atoms with E-state index in [0.717, 1.165) is 19.4 Å². The van der Waals surface area contributed by atoms with Crippen LogP contribution in [0.2, 0.25) is 0 Å². The molecule has 1 saturated heterocycles. The molecule has 5 heteroatoms. The Morgan fingerprint density at radius 1 is 1.50 bits per heavy atom. The smallest absolute Gasteiger partial charge is 0.319 e. The summed E-state index contributed by atoms with van der Waals surface area (Å²) in [7, 11) is 0. The number of ether oxygens (including phenoxy) is 2. The van der Waals surface area contributed by atoms with Gasteiger partial charge in [0.1, 0.15) is 5.75 Å². The molecular weight excluding hydrogens is 256 g/mol. The van der Waals surface area contributed by atoms with E-state index in [1.807, 2.05) is 38.1 Å². The number of urea groups is 1. The minimum atomic E-state index is -0.236. The summed E-state index contributed by atoms with van der Waals surface area (Å²) in [6.45, 7) is 5.22. The van der Waals surface area contributed by atoms with Crippen LogP contribution >= 0.6 is 0 Å². The number of carbonyl (C=O) groups excluding carboxylic acids is 1. The molecule has 1 heterocycles. The van der Waals surface area contributed by atoms with Crippen LogP contribution in [0, 0.1) is 0 Å². The summed E-state index contributed by atoms with van der Waals surface area (Å²) in [5, 5.41) is 5.73. The lowest BCUT2D eigenvalue weighted by atomic mass is 10.1. The summed E-state index contributed by atoms with van der Waals surface area (Å²) in [6.07, 6.45) is 2.17. The van der Waals surface area contributed by atoms with E-state index in [1.54, 1.807) is 0 Å². The summed E-state index contributed by atoms with van der Waals surface area (Å²) in [4.78, 5) is 12.0. The lowest BCUT2D eigenvalue weighted by molar-refractivity contribution is 0.0868. The number of anilines is 1. The van der Waals surface area contributed by atoms with Gasteiger partial charge in [0, 0.05) is 6.61 Å². The highest BCUT2D eigenvalue weighted by molar-refractivity contribution is 5.91. The van der Waals surface area contributed by atoms with E-state index in [4.69, 9.17) is 9.47 Å². The van der Waals surface area contributed by atoms with Crippen LogP contribution < -0.4 is 15.4 Å². The van der Waals surface area contributed by atoms with Gasteiger partial charge in [-0.15, -0.1) is 0 Å². The van der Waals surface area contributed by atoms with Crippen molar-refractivity contribution in [2.75, 3.05) is 18.5 Å². The summed E-state index contributed by atoms with van der Waals surface area (Å²) in [5.41, 5.74) is 0.673. The van der Waals surface area contributed by atoms with Crippen LogP contribution in [-0.2, 0) is 4.74 Å². The molecule has 2 atom stereocenters. The molecule has 0 saturated carbocycles. The molecule has 1 aromatic carbocycles. The predicted octanol–water partition coefficient (Wildman–Crippen LogP) is 2.77. The average molecular weight is 278 g/mol. The fourth-order valence-electron chi connectivity index (χ4n) is 2.31. The van der Waals surface area contributed by atoms with E-state index in [0.29, 0.717) is 18.0 Å². The number of rotatable bonds is 5. The Balaban J connectivity index is 1.90. The van der Waals surface area contributed by atoms with Crippen molar-refractivity contribution in [1.29, 1.82) is 0 Å². The third kappa shape index (κ3) is 3.87. The lowest BCUT2D eigenvalue weighted by Crippen LogP contribution is -2.43. The summed E-state index contributed by atoms with van der Waals surface area (Å²) in [6, 6.07) is 7.16. The first-order valence-electron chi connectivity index (χ1n) is 7.11. The molecule has 0 unspecified atom stereocenters. The van der Waals surface area contributed by atoms with Gasteiger partial charge in [-0.25, -0.2) is 4.79 Å². The van der Waals surface area contributed by atoms with Crippen LogP contribution in [0.3, 0.4) is 0 Å². The summed E-state index contributed by atoms with van der Waals surface area (Å²) >= 11 is 0. The van der Waals surface area contributed by atoms with Crippen molar-refractivity contribution in [1.82, 2.24) is 5.32 Å². The molecule has 1 aliphatic rings. The van der Waals surface area contributed by atoms with Gasteiger partial charge in [0.2, 0.25) is 0 Å². The molecule has 0 bridgehead atoms. The normalized spacial score (nSPS) is 19.4. The van der Waals surface area contributed by atoms with Gasteiger partial charge in [-0.3, -0.25) is 0 Å².